The van der Waals surface area contributed by atoms with Crippen LogP contribution in [0.2, 0.25) is 0 Å². The number of piperidine rings is 1. The van der Waals surface area contributed by atoms with E-state index in [4.69, 9.17) is 0 Å². The molecule has 1 amide bonds. The number of carbonyl (C=O) groups is 1. The molecule has 152 valence electrons. The first-order chi connectivity index (χ1) is 14.1. The van der Waals surface area contributed by atoms with E-state index >= 15 is 0 Å². The maximum atomic E-state index is 13.6. The molecule has 4 nitrogen and oxygen atoms in total. The molecule has 5 rings (SSSR count). The smallest absolute Gasteiger partial charge is 0.255 e. The molecule has 4 atom stereocenters. The highest BCUT2D eigenvalue weighted by Gasteiger charge is 2.59. The molecule has 0 spiro atoms. The van der Waals surface area contributed by atoms with E-state index < -0.39 is 0 Å². The number of pyridine rings is 1. The lowest BCUT2D eigenvalue weighted by molar-refractivity contribution is 0.0577. The van der Waals surface area contributed by atoms with E-state index in [2.05, 4.69) is 53.0 Å². The Bertz CT molecular complexity index is 881. The summed E-state index contributed by atoms with van der Waals surface area (Å²) in [5.74, 6) is 0.179. The third kappa shape index (κ3) is 3.18. The molecule has 2 bridgehead atoms. The molecule has 0 N–H and O–H groups in total. The molecular weight excluding hydrogens is 358 g/mol. The van der Waals surface area contributed by atoms with Gasteiger partial charge in [0.2, 0.25) is 0 Å². The highest BCUT2D eigenvalue weighted by Crippen LogP contribution is 2.53. The van der Waals surface area contributed by atoms with Crippen LogP contribution in [0, 0.1) is 5.41 Å². The van der Waals surface area contributed by atoms with Crippen LogP contribution in [0.3, 0.4) is 0 Å². The van der Waals surface area contributed by atoms with E-state index in [-0.39, 0.29) is 11.3 Å². The number of amides is 1. The van der Waals surface area contributed by atoms with Gasteiger partial charge in [-0.25, -0.2) is 0 Å². The Morgan fingerprint density at radius 3 is 2.59 bits per heavy atom. The van der Waals surface area contributed by atoms with Crippen molar-refractivity contribution in [3.63, 3.8) is 0 Å². The van der Waals surface area contributed by atoms with Crippen LogP contribution in [-0.4, -0.2) is 52.4 Å². The van der Waals surface area contributed by atoms with Crippen molar-refractivity contribution < 1.29 is 4.79 Å². The van der Waals surface area contributed by atoms with Gasteiger partial charge in [-0.05, 0) is 44.0 Å². The Kier molecular flexibility index (Phi) is 4.70. The quantitative estimate of drug-likeness (QED) is 0.791. The van der Waals surface area contributed by atoms with Gasteiger partial charge in [0.15, 0.2) is 0 Å². The lowest BCUT2D eigenvalue weighted by Crippen LogP contribution is -2.51. The molecule has 29 heavy (non-hydrogen) atoms. The van der Waals surface area contributed by atoms with Crippen molar-refractivity contribution in [2.24, 2.45) is 5.41 Å². The number of aromatic nitrogens is 1. The van der Waals surface area contributed by atoms with E-state index in [1.54, 1.807) is 6.20 Å². The fourth-order valence-corrected chi connectivity index (χ4v) is 6.40. The van der Waals surface area contributed by atoms with Gasteiger partial charge in [-0.15, -0.1) is 0 Å². The van der Waals surface area contributed by atoms with E-state index in [0.717, 1.165) is 37.1 Å². The summed E-state index contributed by atoms with van der Waals surface area (Å²) in [5, 5.41) is 0. The van der Waals surface area contributed by atoms with Gasteiger partial charge in [0, 0.05) is 48.4 Å². The third-order valence-electron chi connectivity index (χ3n) is 7.70. The number of hydrogen-bond acceptors (Lipinski definition) is 3. The molecule has 0 radical (unpaired) electrons. The summed E-state index contributed by atoms with van der Waals surface area (Å²) < 4.78 is 0. The first-order valence-electron chi connectivity index (χ1n) is 11.1. The van der Waals surface area contributed by atoms with Crippen molar-refractivity contribution in [3.8, 4) is 0 Å². The average molecular weight is 390 g/mol. The molecule has 3 heterocycles. The summed E-state index contributed by atoms with van der Waals surface area (Å²) in [7, 11) is 2.26. The summed E-state index contributed by atoms with van der Waals surface area (Å²) in [6, 6.07) is 15.7. The van der Waals surface area contributed by atoms with Crippen molar-refractivity contribution >= 4 is 5.91 Å². The topological polar surface area (TPSA) is 36.4 Å². The Labute approximate surface area is 173 Å². The third-order valence-corrected chi connectivity index (χ3v) is 7.70. The molecule has 3 aliphatic rings. The molecule has 1 saturated carbocycles. The maximum Gasteiger partial charge on any atom is 0.255 e. The number of fused-ring (bicyclic) bond motifs is 1. The second kappa shape index (κ2) is 7.24. The van der Waals surface area contributed by atoms with Crippen LogP contribution < -0.4 is 0 Å². The van der Waals surface area contributed by atoms with Gasteiger partial charge in [-0.2, -0.15) is 0 Å². The summed E-state index contributed by atoms with van der Waals surface area (Å²) in [6.45, 7) is 3.44. The van der Waals surface area contributed by atoms with Gasteiger partial charge in [0.25, 0.3) is 5.91 Å². The van der Waals surface area contributed by atoms with Gasteiger partial charge in [-0.3, -0.25) is 9.78 Å². The van der Waals surface area contributed by atoms with Crippen LogP contribution in [-0.2, 0) is 6.42 Å². The second-order valence-corrected chi connectivity index (χ2v) is 9.53. The first kappa shape index (κ1) is 18.8. The first-order valence-corrected chi connectivity index (χ1v) is 11.1. The Balaban J connectivity index is 1.39. The van der Waals surface area contributed by atoms with E-state index in [9.17, 15) is 4.79 Å². The van der Waals surface area contributed by atoms with Crippen molar-refractivity contribution in [3.05, 3.63) is 65.5 Å². The SMILES string of the molecule is CN1C[C@@H]2C[C@@]3(C)[C@H](CCCC[C@@H]13)N2C(=O)c1ccc(Cc2ccccc2)nc1. The molecule has 2 saturated heterocycles. The van der Waals surface area contributed by atoms with Crippen molar-refractivity contribution in [2.45, 2.75) is 63.6 Å². The zero-order valence-electron chi connectivity index (χ0n) is 17.6. The Morgan fingerprint density at radius 1 is 1.10 bits per heavy atom. The minimum Gasteiger partial charge on any atom is -0.331 e. The lowest BCUT2D eigenvalue weighted by Gasteiger charge is -2.44. The van der Waals surface area contributed by atoms with E-state index in [1.165, 1.54) is 24.8 Å². The van der Waals surface area contributed by atoms with Gasteiger partial charge in [-0.1, -0.05) is 50.1 Å². The normalized spacial score (nSPS) is 31.5. The molecule has 1 aromatic heterocycles. The molecular formula is C25H31N3O. The van der Waals surface area contributed by atoms with Crippen LogP contribution in [0.25, 0.3) is 0 Å². The Morgan fingerprint density at radius 2 is 1.86 bits per heavy atom. The molecule has 2 aromatic rings. The van der Waals surface area contributed by atoms with Crippen LogP contribution in [0.15, 0.2) is 48.7 Å². The Hall–Kier alpha value is -2.20. The van der Waals surface area contributed by atoms with Crippen molar-refractivity contribution in [2.75, 3.05) is 13.6 Å². The predicted molar refractivity (Wildman–Crippen MR) is 115 cm³/mol. The highest BCUT2D eigenvalue weighted by molar-refractivity contribution is 5.94. The molecule has 1 aromatic carbocycles. The summed E-state index contributed by atoms with van der Waals surface area (Å²) in [6.07, 6.45) is 8.67. The van der Waals surface area contributed by atoms with Crippen LogP contribution in [0.1, 0.15) is 60.6 Å². The van der Waals surface area contributed by atoms with E-state index in [0.29, 0.717) is 18.1 Å². The number of nitrogens with zero attached hydrogens (tertiary/aromatic N) is 3. The van der Waals surface area contributed by atoms with Gasteiger partial charge in [0.05, 0.1) is 5.56 Å². The summed E-state index contributed by atoms with van der Waals surface area (Å²) in [4.78, 5) is 23.0. The van der Waals surface area contributed by atoms with Crippen LogP contribution in [0.5, 0.6) is 0 Å². The number of hydrogen-bond donors (Lipinski definition) is 0. The molecule has 0 unspecified atom stereocenters. The number of likely N-dealkylation sites (N-methyl/N-ethyl adjacent to an activating group) is 1. The van der Waals surface area contributed by atoms with Crippen LogP contribution in [0.4, 0.5) is 0 Å². The zero-order valence-corrected chi connectivity index (χ0v) is 17.6. The fourth-order valence-electron chi connectivity index (χ4n) is 6.40. The van der Waals surface area contributed by atoms with Gasteiger partial charge in [0.1, 0.15) is 0 Å². The van der Waals surface area contributed by atoms with Crippen LogP contribution >= 0.6 is 0 Å². The number of likely N-dealkylation sites (tertiary alicyclic amines) is 2. The number of rotatable bonds is 3. The van der Waals surface area contributed by atoms with Gasteiger partial charge >= 0.3 is 0 Å². The van der Waals surface area contributed by atoms with Crippen molar-refractivity contribution in [1.29, 1.82) is 0 Å². The second-order valence-electron chi connectivity index (χ2n) is 9.53. The summed E-state index contributed by atoms with van der Waals surface area (Å²) >= 11 is 0. The highest BCUT2D eigenvalue weighted by atomic mass is 16.2. The minimum absolute atomic E-state index is 0.179. The largest absolute Gasteiger partial charge is 0.331 e. The lowest BCUT2D eigenvalue weighted by atomic mass is 9.71. The molecule has 3 fully saturated rings. The zero-order chi connectivity index (χ0) is 20.0. The average Bonchev–Trinajstić information content (AvgIpc) is 2.83. The minimum atomic E-state index is 0.179. The number of carbonyl (C=O) groups excluding carboxylic acids is 1. The fraction of sp³-hybridized carbons (Fsp3) is 0.520. The molecule has 4 heteroatoms. The number of benzene rings is 1. The monoisotopic (exact) mass is 389 g/mol. The van der Waals surface area contributed by atoms with Gasteiger partial charge < -0.3 is 9.80 Å². The maximum absolute atomic E-state index is 13.6. The summed E-state index contributed by atoms with van der Waals surface area (Å²) in [5.41, 5.74) is 3.22. The molecule has 1 aliphatic carbocycles. The standard InChI is InChI=1S/C25H31N3O/c1-25-15-21-17-27(2)22(25)10-6-7-11-23(25)28(21)24(29)19-12-13-20(26-16-19)14-18-8-4-3-5-9-18/h3-5,8-9,12-13,16,21-23H,6-7,10-11,14-15,17H2,1-2H3/t21-,22+,23-,25+/m0/s1. The van der Waals surface area contributed by atoms with E-state index in [1.807, 2.05) is 18.2 Å². The molecule has 2 aliphatic heterocycles. The van der Waals surface area contributed by atoms with Crippen molar-refractivity contribution in [1.82, 2.24) is 14.8 Å². The predicted octanol–water partition coefficient (Wildman–Crippen LogP) is 4.15.